The normalized spacial score (nSPS) is 10.8. The van der Waals surface area contributed by atoms with Crippen LogP contribution in [0.2, 0.25) is 0 Å². The third kappa shape index (κ3) is 3.58. The molecule has 0 aliphatic rings. The Morgan fingerprint density at radius 2 is 1.96 bits per heavy atom. The van der Waals surface area contributed by atoms with Gasteiger partial charge in [-0.1, -0.05) is 30.3 Å². The minimum absolute atomic E-state index is 0.0511. The van der Waals surface area contributed by atoms with Crippen LogP contribution in [0.5, 0.6) is 0 Å². The molecule has 0 spiro atoms. The topological polar surface area (TPSA) is 116 Å². The van der Waals surface area contributed by atoms with E-state index in [1.54, 1.807) is 16.9 Å². The number of nitrogens with one attached hydrogen (secondary N) is 1. The zero-order chi connectivity index (χ0) is 19.5. The average molecular weight is 377 g/mol. The van der Waals surface area contributed by atoms with Gasteiger partial charge in [-0.25, -0.2) is 9.97 Å². The third-order valence-corrected chi connectivity index (χ3v) is 3.87. The largest absolute Gasteiger partial charge is 0.443 e. The highest BCUT2D eigenvalue weighted by atomic mass is 16.4. The summed E-state index contributed by atoms with van der Waals surface area (Å²) in [6, 6.07) is 10.9. The Morgan fingerprint density at radius 1 is 1.14 bits per heavy atom. The molecule has 1 N–H and O–H groups in total. The molecule has 1 aromatic carbocycles. The van der Waals surface area contributed by atoms with Crippen LogP contribution in [0.1, 0.15) is 33.9 Å². The summed E-state index contributed by atoms with van der Waals surface area (Å²) in [5, 5.41) is 6.96. The standard InChI is InChI=1S/C19H15N5O4/c1-12(25)19-20-9-14(28-19)10-24-8-7-15(23-24)22-18(26)16-17(27-11-21-16)13-5-3-2-4-6-13/h2-9,11H,10H2,1H3,(H,22,23,26). The molecule has 0 saturated heterocycles. The number of amides is 1. The van der Waals surface area contributed by atoms with Crippen LogP contribution >= 0.6 is 0 Å². The fourth-order valence-electron chi connectivity index (χ4n) is 2.60. The molecule has 9 heteroatoms. The minimum Gasteiger partial charge on any atom is -0.443 e. The summed E-state index contributed by atoms with van der Waals surface area (Å²) in [5.74, 6) is 0.580. The first-order chi connectivity index (χ1) is 13.6. The number of carbonyl (C=O) groups is 2. The van der Waals surface area contributed by atoms with E-state index in [0.29, 0.717) is 17.3 Å². The van der Waals surface area contributed by atoms with Gasteiger partial charge in [-0.2, -0.15) is 5.10 Å². The van der Waals surface area contributed by atoms with E-state index < -0.39 is 5.91 Å². The minimum atomic E-state index is -0.434. The molecule has 0 bridgehead atoms. The Labute approximate surface area is 159 Å². The highest BCUT2D eigenvalue weighted by molar-refractivity contribution is 6.05. The van der Waals surface area contributed by atoms with E-state index in [4.69, 9.17) is 8.83 Å². The Bertz CT molecular complexity index is 1130. The second-order valence-electron chi connectivity index (χ2n) is 5.94. The number of hydrogen-bond acceptors (Lipinski definition) is 7. The van der Waals surface area contributed by atoms with Gasteiger partial charge >= 0.3 is 0 Å². The van der Waals surface area contributed by atoms with Crippen molar-refractivity contribution in [2.45, 2.75) is 13.5 Å². The van der Waals surface area contributed by atoms with Crippen LogP contribution in [0, 0.1) is 0 Å². The Morgan fingerprint density at radius 3 is 2.71 bits per heavy atom. The van der Waals surface area contributed by atoms with Crippen molar-refractivity contribution in [3.8, 4) is 11.3 Å². The van der Waals surface area contributed by atoms with Crippen molar-refractivity contribution in [2.75, 3.05) is 5.32 Å². The molecule has 0 unspecified atom stereocenters. The summed E-state index contributed by atoms with van der Waals surface area (Å²) in [6.07, 6.45) is 4.37. The lowest BCUT2D eigenvalue weighted by Gasteiger charge is -2.02. The maximum atomic E-state index is 12.6. The highest BCUT2D eigenvalue weighted by Crippen LogP contribution is 2.23. The number of Topliss-reactive ketones (excluding diaryl/α,β-unsaturated/α-hetero) is 1. The van der Waals surface area contributed by atoms with Gasteiger partial charge in [-0.05, 0) is 0 Å². The first kappa shape index (κ1) is 17.4. The van der Waals surface area contributed by atoms with Crippen molar-refractivity contribution in [1.82, 2.24) is 19.7 Å². The average Bonchev–Trinajstić information content (AvgIpc) is 3.43. The predicted octanol–water partition coefficient (Wildman–Crippen LogP) is 3.03. The van der Waals surface area contributed by atoms with Crippen molar-refractivity contribution in [3.63, 3.8) is 0 Å². The lowest BCUT2D eigenvalue weighted by atomic mass is 10.1. The van der Waals surface area contributed by atoms with Crippen LogP contribution in [0.4, 0.5) is 5.82 Å². The smallest absolute Gasteiger partial charge is 0.279 e. The van der Waals surface area contributed by atoms with Crippen molar-refractivity contribution < 1.29 is 18.4 Å². The lowest BCUT2D eigenvalue weighted by Crippen LogP contribution is -2.14. The zero-order valence-corrected chi connectivity index (χ0v) is 14.8. The van der Waals surface area contributed by atoms with Crippen molar-refractivity contribution in [3.05, 3.63) is 72.5 Å². The Kier molecular flexibility index (Phi) is 4.55. The number of nitrogens with zero attached hydrogens (tertiary/aromatic N) is 4. The molecule has 4 aromatic rings. The van der Waals surface area contributed by atoms with Gasteiger partial charge in [0, 0.05) is 24.8 Å². The van der Waals surface area contributed by atoms with Gasteiger partial charge in [0.1, 0.15) is 12.3 Å². The van der Waals surface area contributed by atoms with E-state index in [1.807, 2.05) is 30.3 Å². The number of ketones is 1. The van der Waals surface area contributed by atoms with Gasteiger partial charge in [0.15, 0.2) is 23.7 Å². The van der Waals surface area contributed by atoms with E-state index in [0.717, 1.165) is 5.56 Å². The molecule has 0 aliphatic carbocycles. The summed E-state index contributed by atoms with van der Waals surface area (Å²) in [7, 11) is 0. The molecule has 3 heterocycles. The fourth-order valence-corrected chi connectivity index (χ4v) is 2.60. The maximum Gasteiger partial charge on any atom is 0.279 e. The maximum absolute atomic E-state index is 12.6. The Hall–Kier alpha value is -4.01. The summed E-state index contributed by atoms with van der Waals surface area (Å²) in [4.78, 5) is 31.7. The van der Waals surface area contributed by atoms with Crippen LogP contribution in [-0.2, 0) is 6.54 Å². The molecule has 0 fully saturated rings. The first-order valence-electron chi connectivity index (χ1n) is 8.39. The SMILES string of the molecule is CC(=O)c1ncc(Cn2ccc(NC(=O)c3ncoc3-c3ccccc3)n2)o1. The second kappa shape index (κ2) is 7.31. The van der Waals surface area contributed by atoms with Gasteiger partial charge in [-0.15, -0.1) is 0 Å². The number of anilines is 1. The fraction of sp³-hybridized carbons (Fsp3) is 0.105. The number of oxazole rings is 2. The molecular weight excluding hydrogens is 362 g/mol. The summed E-state index contributed by atoms with van der Waals surface area (Å²) in [5.41, 5.74) is 0.921. The van der Waals surface area contributed by atoms with Crippen molar-refractivity contribution >= 4 is 17.5 Å². The molecule has 9 nitrogen and oxygen atoms in total. The van der Waals surface area contributed by atoms with E-state index in [1.165, 1.54) is 19.5 Å². The van der Waals surface area contributed by atoms with Crippen LogP contribution < -0.4 is 5.32 Å². The molecule has 1 amide bonds. The van der Waals surface area contributed by atoms with Gasteiger partial charge < -0.3 is 14.2 Å². The Balaban J connectivity index is 1.46. The monoisotopic (exact) mass is 377 g/mol. The molecule has 0 atom stereocenters. The molecule has 0 saturated carbocycles. The van der Waals surface area contributed by atoms with Crippen molar-refractivity contribution in [1.29, 1.82) is 0 Å². The van der Waals surface area contributed by atoms with E-state index in [2.05, 4.69) is 20.4 Å². The third-order valence-electron chi connectivity index (χ3n) is 3.87. The molecular formula is C19H15N5O4. The summed E-state index contributed by atoms with van der Waals surface area (Å²) < 4.78 is 12.3. The van der Waals surface area contributed by atoms with Crippen LogP contribution in [0.3, 0.4) is 0 Å². The summed E-state index contributed by atoms with van der Waals surface area (Å²) >= 11 is 0. The number of rotatable bonds is 6. The number of carbonyl (C=O) groups excluding carboxylic acids is 2. The summed E-state index contributed by atoms with van der Waals surface area (Å²) in [6.45, 7) is 1.65. The lowest BCUT2D eigenvalue weighted by molar-refractivity contribution is 0.0977. The van der Waals surface area contributed by atoms with Gasteiger partial charge in [0.25, 0.3) is 11.8 Å². The molecule has 28 heavy (non-hydrogen) atoms. The molecule has 0 radical (unpaired) electrons. The van der Waals surface area contributed by atoms with Crippen LogP contribution in [0.25, 0.3) is 11.3 Å². The highest BCUT2D eigenvalue weighted by Gasteiger charge is 2.19. The van der Waals surface area contributed by atoms with E-state index in [9.17, 15) is 9.59 Å². The predicted molar refractivity (Wildman–Crippen MR) is 97.7 cm³/mol. The molecule has 0 aliphatic heterocycles. The van der Waals surface area contributed by atoms with Crippen LogP contribution in [-0.4, -0.2) is 31.4 Å². The van der Waals surface area contributed by atoms with Crippen LogP contribution in [0.15, 0.2) is 64.0 Å². The molecule has 140 valence electrons. The van der Waals surface area contributed by atoms with Gasteiger partial charge in [0.05, 0.1) is 6.20 Å². The van der Waals surface area contributed by atoms with Gasteiger partial charge in [0.2, 0.25) is 5.78 Å². The van der Waals surface area contributed by atoms with E-state index >= 15 is 0 Å². The van der Waals surface area contributed by atoms with E-state index in [-0.39, 0.29) is 23.9 Å². The number of hydrogen-bond donors (Lipinski definition) is 1. The van der Waals surface area contributed by atoms with Crippen molar-refractivity contribution in [2.24, 2.45) is 0 Å². The zero-order valence-electron chi connectivity index (χ0n) is 14.8. The quantitative estimate of drug-likeness (QED) is 0.513. The first-order valence-corrected chi connectivity index (χ1v) is 8.39. The second-order valence-corrected chi connectivity index (χ2v) is 5.94. The number of benzene rings is 1. The molecule has 4 rings (SSSR count). The molecule has 3 aromatic heterocycles. The number of aromatic nitrogens is 4. The van der Waals surface area contributed by atoms with Gasteiger partial charge in [-0.3, -0.25) is 14.3 Å².